The lowest BCUT2D eigenvalue weighted by atomic mass is 9.98. The molecule has 0 saturated carbocycles. The number of carboxylic acid groups (broad SMARTS) is 1. The number of hydrogen-bond donors (Lipinski definition) is 2. The molecule has 5 nitrogen and oxygen atoms in total. The van der Waals surface area contributed by atoms with E-state index in [2.05, 4.69) is 5.32 Å². The minimum Gasteiger partial charge on any atom is -0.480 e. The molecule has 1 aliphatic carbocycles. The highest BCUT2D eigenvalue weighted by Gasteiger charge is 2.24. The molecule has 1 aromatic rings. The summed E-state index contributed by atoms with van der Waals surface area (Å²) in [7, 11) is 1.41. The van der Waals surface area contributed by atoms with E-state index in [0.29, 0.717) is 5.56 Å². The first-order valence-corrected chi connectivity index (χ1v) is 6.68. The van der Waals surface area contributed by atoms with E-state index in [-0.39, 0.29) is 12.5 Å². The van der Waals surface area contributed by atoms with Gasteiger partial charge in [0.1, 0.15) is 0 Å². The molecule has 1 aromatic carbocycles. The zero-order valence-corrected chi connectivity index (χ0v) is 11.7. The third-order valence-electron chi connectivity index (χ3n) is 3.70. The van der Waals surface area contributed by atoms with Gasteiger partial charge in [-0.25, -0.2) is 4.79 Å². The van der Waals surface area contributed by atoms with Gasteiger partial charge in [-0.05, 0) is 48.9 Å². The first kappa shape index (κ1) is 14.5. The van der Waals surface area contributed by atoms with Crippen molar-refractivity contribution in [3.8, 4) is 0 Å². The Morgan fingerprint density at radius 2 is 2.05 bits per heavy atom. The summed E-state index contributed by atoms with van der Waals surface area (Å²) < 4.78 is 4.82. The van der Waals surface area contributed by atoms with Crippen molar-refractivity contribution in [2.45, 2.75) is 32.2 Å². The minimum atomic E-state index is -1.09. The van der Waals surface area contributed by atoms with Crippen LogP contribution in [0.5, 0.6) is 0 Å². The molecule has 2 N–H and O–H groups in total. The van der Waals surface area contributed by atoms with E-state index in [9.17, 15) is 9.59 Å². The van der Waals surface area contributed by atoms with Gasteiger partial charge in [-0.3, -0.25) is 4.79 Å². The van der Waals surface area contributed by atoms with Crippen molar-refractivity contribution in [2.24, 2.45) is 0 Å². The second-order valence-electron chi connectivity index (χ2n) is 5.06. The van der Waals surface area contributed by atoms with E-state index in [1.165, 1.54) is 18.2 Å². The summed E-state index contributed by atoms with van der Waals surface area (Å²) in [5.41, 5.74) is 4.08. The molecule has 1 aliphatic rings. The number of benzene rings is 1. The van der Waals surface area contributed by atoms with Crippen LogP contribution < -0.4 is 5.32 Å². The van der Waals surface area contributed by atoms with E-state index in [1.54, 1.807) is 6.07 Å². The topological polar surface area (TPSA) is 75.6 Å². The minimum absolute atomic E-state index is 0.0465. The molecule has 108 valence electrons. The van der Waals surface area contributed by atoms with Crippen molar-refractivity contribution in [3.05, 3.63) is 34.4 Å². The predicted molar refractivity (Wildman–Crippen MR) is 74.0 cm³/mol. The monoisotopic (exact) mass is 277 g/mol. The molecule has 5 heteroatoms. The summed E-state index contributed by atoms with van der Waals surface area (Å²) in [6.45, 7) is 1.99. The summed E-state index contributed by atoms with van der Waals surface area (Å²) in [5.74, 6) is -1.43. The molecule has 0 aliphatic heterocycles. The Hall–Kier alpha value is -1.88. The molecular weight excluding hydrogens is 258 g/mol. The van der Waals surface area contributed by atoms with E-state index >= 15 is 0 Å². The number of methoxy groups -OCH3 is 1. The summed E-state index contributed by atoms with van der Waals surface area (Å²) in [6, 6.07) is 2.68. The van der Waals surface area contributed by atoms with Gasteiger partial charge in [0.25, 0.3) is 5.91 Å². The fraction of sp³-hybridized carbons (Fsp3) is 0.467. The van der Waals surface area contributed by atoms with Crippen LogP contribution in [0.2, 0.25) is 0 Å². The number of carbonyl (C=O) groups excluding carboxylic acids is 1. The number of carbonyl (C=O) groups is 2. The number of rotatable bonds is 5. The van der Waals surface area contributed by atoms with Gasteiger partial charge in [-0.15, -0.1) is 0 Å². The largest absolute Gasteiger partial charge is 0.480 e. The maximum absolute atomic E-state index is 12.3. The van der Waals surface area contributed by atoms with Crippen molar-refractivity contribution >= 4 is 11.9 Å². The van der Waals surface area contributed by atoms with E-state index in [1.807, 2.05) is 13.0 Å². The number of hydrogen-bond acceptors (Lipinski definition) is 3. The highest BCUT2D eigenvalue weighted by molar-refractivity contribution is 5.98. The molecule has 0 bridgehead atoms. The summed E-state index contributed by atoms with van der Waals surface area (Å²) in [6.07, 6.45) is 2.91. The van der Waals surface area contributed by atoms with Gasteiger partial charge in [-0.2, -0.15) is 0 Å². The summed E-state index contributed by atoms with van der Waals surface area (Å²) in [5, 5.41) is 11.6. The van der Waals surface area contributed by atoms with Crippen LogP contribution in [0.1, 0.15) is 33.5 Å². The van der Waals surface area contributed by atoms with Crippen LogP contribution in [0.15, 0.2) is 12.1 Å². The predicted octanol–water partition coefficient (Wildman–Crippen LogP) is 1.31. The number of fused-ring (bicyclic) bond motifs is 1. The average molecular weight is 277 g/mol. The Morgan fingerprint density at radius 3 is 2.70 bits per heavy atom. The molecule has 0 aromatic heterocycles. The van der Waals surface area contributed by atoms with Gasteiger partial charge in [0.15, 0.2) is 6.04 Å². The first-order valence-electron chi connectivity index (χ1n) is 6.68. The second kappa shape index (κ2) is 6.05. The Labute approximate surface area is 117 Å². The van der Waals surface area contributed by atoms with Crippen molar-refractivity contribution in [1.82, 2.24) is 5.32 Å². The highest BCUT2D eigenvalue weighted by Crippen LogP contribution is 2.28. The van der Waals surface area contributed by atoms with Crippen LogP contribution in [0, 0.1) is 6.92 Å². The molecule has 0 spiro atoms. The smallest absolute Gasteiger partial charge is 0.328 e. The van der Waals surface area contributed by atoms with Crippen molar-refractivity contribution < 1.29 is 19.4 Å². The maximum Gasteiger partial charge on any atom is 0.328 e. The van der Waals surface area contributed by atoms with Crippen LogP contribution in [0.4, 0.5) is 0 Å². The highest BCUT2D eigenvalue weighted by atomic mass is 16.5. The SMILES string of the molecule is COC[C@H](NC(=O)c1ccc(C)c2c1CCC2)C(=O)O. The third-order valence-corrected chi connectivity index (χ3v) is 3.70. The zero-order valence-electron chi connectivity index (χ0n) is 11.7. The van der Waals surface area contributed by atoms with Crippen LogP contribution in [0.3, 0.4) is 0 Å². The molecule has 0 unspecified atom stereocenters. The van der Waals surface area contributed by atoms with Gasteiger partial charge in [-0.1, -0.05) is 6.07 Å². The number of amides is 1. The van der Waals surface area contributed by atoms with Crippen LogP contribution in [0.25, 0.3) is 0 Å². The lowest BCUT2D eigenvalue weighted by Crippen LogP contribution is -2.44. The van der Waals surface area contributed by atoms with Gasteiger partial charge < -0.3 is 15.2 Å². The fourth-order valence-electron chi connectivity index (χ4n) is 2.68. The fourth-order valence-corrected chi connectivity index (χ4v) is 2.68. The van der Waals surface area contributed by atoms with Crippen molar-refractivity contribution in [1.29, 1.82) is 0 Å². The molecule has 1 atom stereocenters. The lowest BCUT2D eigenvalue weighted by Gasteiger charge is -2.16. The van der Waals surface area contributed by atoms with Gasteiger partial charge >= 0.3 is 5.97 Å². The molecule has 0 radical (unpaired) electrons. The Kier molecular flexibility index (Phi) is 4.39. The average Bonchev–Trinajstić information content (AvgIpc) is 2.88. The number of aryl methyl sites for hydroxylation is 1. The lowest BCUT2D eigenvalue weighted by molar-refractivity contribution is -0.140. The van der Waals surface area contributed by atoms with Crippen LogP contribution in [-0.4, -0.2) is 36.7 Å². The normalized spacial score (nSPS) is 14.7. The quantitative estimate of drug-likeness (QED) is 0.851. The number of aliphatic carboxylic acids is 1. The van der Waals surface area contributed by atoms with E-state index in [4.69, 9.17) is 9.84 Å². The molecule has 1 amide bonds. The van der Waals surface area contributed by atoms with Gasteiger partial charge in [0.2, 0.25) is 0 Å². The summed E-state index contributed by atoms with van der Waals surface area (Å²) in [4.78, 5) is 23.3. The third kappa shape index (κ3) is 2.82. The Balaban J connectivity index is 2.22. The van der Waals surface area contributed by atoms with Gasteiger partial charge in [0.05, 0.1) is 6.61 Å². The number of nitrogens with one attached hydrogen (secondary N) is 1. The zero-order chi connectivity index (χ0) is 14.7. The van der Waals surface area contributed by atoms with Crippen molar-refractivity contribution in [3.63, 3.8) is 0 Å². The van der Waals surface area contributed by atoms with E-state index in [0.717, 1.165) is 24.8 Å². The van der Waals surface area contributed by atoms with Crippen LogP contribution in [-0.2, 0) is 22.4 Å². The molecule has 0 saturated heterocycles. The second-order valence-corrected chi connectivity index (χ2v) is 5.06. The first-order chi connectivity index (χ1) is 9.54. The summed E-state index contributed by atoms with van der Waals surface area (Å²) >= 11 is 0. The molecule has 2 rings (SSSR count). The molecular formula is C15H19NO4. The number of ether oxygens (including phenoxy) is 1. The Bertz CT molecular complexity index is 539. The molecule has 20 heavy (non-hydrogen) atoms. The standard InChI is InChI=1S/C15H19NO4/c1-9-6-7-12(11-5-3-4-10(9)11)14(17)16-13(8-20-2)15(18)19/h6-7,13H,3-5,8H2,1-2H3,(H,16,17)(H,18,19)/t13-/m0/s1. The van der Waals surface area contributed by atoms with Gasteiger partial charge in [0, 0.05) is 12.7 Å². The molecule has 0 heterocycles. The van der Waals surface area contributed by atoms with Crippen molar-refractivity contribution in [2.75, 3.05) is 13.7 Å². The maximum atomic E-state index is 12.3. The number of carboxylic acids is 1. The molecule has 0 fully saturated rings. The van der Waals surface area contributed by atoms with Crippen LogP contribution >= 0.6 is 0 Å². The van der Waals surface area contributed by atoms with E-state index < -0.39 is 12.0 Å². The Morgan fingerprint density at radius 1 is 1.35 bits per heavy atom.